The molecular weight excluding hydrogens is 354 g/mol. The van der Waals surface area contributed by atoms with Gasteiger partial charge >= 0.3 is 0 Å². The van der Waals surface area contributed by atoms with Gasteiger partial charge in [0.2, 0.25) is 0 Å². The number of nitrogens with zero attached hydrogens (tertiary/aromatic N) is 4. The topological polar surface area (TPSA) is 60.9 Å². The number of nitrogens with one attached hydrogen (secondary N) is 1. The summed E-state index contributed by atoms with van der Waals surface area (Å²) in [4.78, 5) is 23.6. The largest absolute Gasteiger partial charge is 0.378 e. The summed E-state index contributed by atoms with van der Waals surface area (Å²) in [7, 11) is 2.08. The summed E-state index contributed by atoms with van der Waals surface area (Å²) in [5.74, 6) is -0.00165. The third-order valence-corrected chi connectivity index (χ3v) is 5.30. The van der Waals surface area contributed by atoms with Crippen LogP contribution in [0.25, 0.3) is 0 Å². The fraction of sp³-hybridized carbons (Fsp3) is 0.429. The van der Waals surface area contributed by atoms with Gasteiger partial charge in [-0.15, -0.1) is 0 Å². The summed E-state index contributed by atoms with van der Waals surface area (Å²) in [5, 5.41) is 3.47. The lowest BCUT2D eigenvalue weighted by atomic mass is 10.2. The van der Waals surface area contributed by atoms with E-state index in [1.165, 1.54) is 0 Å². The maximum absolute atomic E-state index is 12.8. The van der Waals surface area contributed by atoms with Crippen molar-refractivity contribution in [1.82, 2.24) is 14.8 Å². The van der Waals surface area contributed by atoms with Crippen LogP contribution in [0.15, 0.2) is 42.6 Å². The number of amides is 1. The molecule has 7 heteroatoms. The third kappa shape index (κ3) is 4.26. The third-order valence-electron chi connectivity index (χ3n) is 5.30. The van der Waals surface area contributed by atoms with Crippen LogP contribution in [0.2, 0.25) is 0 Å². The van der Waals surface area contributed by atoms with Gasteiger partial charge in [0.25, 0.3) is 5.91 Å². The molecule has 0 spiro atoms. The van der Waals surface area contributed by atoms with E-state index in [0.29, 0.717) is 5.69 Å². The normalized spacial score (nSPS) is 18.2. The summed E-state index contributed by atoms with van der Waals surface area (Å²) < 4.78 is 5.47. The monoisotopic (exact) mass is 381 g/mol. The standard InChI is InChI=1S/C21H27N5O2/c1-24-8-10-26(11-9-24)21(27)19-16-17(6-7-22-19)23-18-4-2-3-5-20(18)25-12-14-28-15-13-25/h2-7,16H,8-15H2,1H3,(H,22,23). The summed E-state index contributed by atoms with van der Waals surface area (Å²) in [5.41, 5.74) is 3.52. The molecule has 2 aromatic rings. The molecule has 4 rings (SSSR count). The number of carbonyl (C=O) groups excluding carboxylic acids is 1. The number of benzene rings is 1. The van der Waals surface area contributed by atoms with Crippen LogP contribution in [0.3, 0.4) is 0 Å². The van der Waals surface area contributed by atoms with Gasteiger partial charge in [0.15, 0.2) is 0 Å². The van der Waals surface area contributed by atoms with Crippen LogP contribution in [-0.2, 0) is 4.74 Å². The van der Waals surface area contributed by atoms with Gasteiger partial charge in [-0.3, -0.25) is 9.78 Å². The zero-order valence-electron chi connectivity index (χ0n) is 16.3. The Hall–Kier alpha value is -2.64. The highest BCUT2D eigenvalue weighted by molar-refractivity contribution is 5.93. The second-order valence-electron chi connectivity index (χ2n) is 7.27. The molecule has 2 aliphatic rings. The summed E-state index contributed by atoms with van der Waals surface area (Å²) in [6.45, 7) is 6.53. The van der Waals surface area contributed by atoms with Crippen LogP contribution in [0, 0.1) is 0 Å². The van der Waals surface area contributed by atoms with Crippen molar-refractivity contribution in [3.05, 3.63) is 48.3 Å². The number of aromatic nitrogens is 1. The van der Waals surface area contributed by atoms with Gasteiger partial charge in [0.05, 0.1) is 24.6 Å². The summed E-state index contributed by atoms with van der Waals surface area (Å²) >= 11 is 0. The number of piperazine rings is 1. The molecule has 0 saturated carbocycles. The lowest BCUT2D eigenvalue weighted by molar-refractivity contribution is 0.0658. The van der Waals surface area contributed by atoms with Crippen molar-refractivity contribution in [3.63, 3.8) is 0 Å². The molecule has 2 saturated heterocycles. The molecule has 3 heterocycles. The van der Waals surface area contributed by atoms with Crippen LogP contribution in [0.1, 0.15) is 10.5 Å². The van der Waals surface area contributed by atoms with Gasteiger partial charge in [0, 0.05) is 51.2 Å². The van der Waals surface area contributed by atoms with E-state index in [-0.39, 0.29) is 5.91 Å². The van der Waals surface area contributed by atoms with Crippen molar-refractivity contribution >= 4 is 23.0 Å². The second-order valence-corrected chi connectivity index (χ2v) is 7.27. The number of para-hydroxylation sites is 2. The fourth-order valence-corrected chi connectivity index (χ4v) is 3.61. The predicted octanol–water partition coefficient (Wildman–Crippen LogP) is 2.05. The van der Waals surface area contributed by atoms with E-state index in [0.717, 1.165) is 69.5 Å². The lowest BCUT2D eigenvalue weighted by Crippen LogP contribution is -2.47. The smallest absolute Gasteiger partial charge is 0.272 e. The summed E-state index contributed by atoms with van der Waals surface area (Å²) in [6, 6.07) is 12.0. The van der Waals surface area contributed by atoms with Crippen molar-refractivity contribution in [3.8, 4) is 0 Å². The number of morpholine rings is 1. The van der Waals surface area contributed by atoms with Gasteiger partial charge in [0.1, 0.15) is 5.69 Å². The number of rotatable bonds is 4. The molecule has 2 fully saturated rings. The number of hydrogen-bond donors (Lipinski definition) is 1. The Morgan fingerprint density at radius 2 is 1.79 bits per heavy atom. The van der Waals surface area contributed by atoms with Crippen molar-refractivity contribution in [2.75, 3.05) is 69.7 Å². The SMILES string of the molecule is CN1CCN(C(=O)c2cc(Nc3ccccc3N3CCOCC3)ccn2)CC1. The Bertz CT molecular complexity index is 814. The van der Waals surface area contributed by atoms with Gasteiger partial charge in [-0.2, -0.15) is 0 Å². The molecule has 7 nitrogen and oxygen atoms in total. The number of anilines is 3. The minimum absolute atomic E-state index is 0.00165. The lowest BCUT2D eigenvalue weighted by Gasteiger charge is -2.32. The van der Waals surface area contributed by atoms with Gasteiger partial charge in [-0.25, -0.2) is 0 Å². The van der Waals surface area contributed by atoms with Gasteiger partial charge in [-0.05, 0) is 31.3 Å². The minimum atomic E-state index is -0.00165. The molecule has 1 N–H and O–H groups in total. The maximum Gasteiger partial charge on any atom is 0.272 e. The number of hydrogen-bond acceptors (Lipinski definition) is 6. The second kappa shape index (κ2) is 8.58. The van der Waals surface area contributed by atoms with E-state index >= 15 is 0 Å². The first-order valence-corrected chi connectivity index (χ1v) is 9.83. The van der Waals surface area contributed by atoms with Crippen molar-refractivity contribution in [1.29, 1.82) is 0 Å². The van der Waals surface area contributed by atoms with Gasteiger partial charge < -0.3 is 24.8 Å². The first kappa shape index (κ1) is 18.7. The maximum atomic E-state index is 12.8. The average Bonchev–Trinajstić information content (AvgIpc) is 2.75. The van der Waals surface area contributed by atoms with Crippen LogP contribution in [0.5, 0.6) is 0 Å². The van der Waals surface area contributed by atoms with E-state index < -0.39 is 0 Å². The molecular formula is C21H27N5O2. The first-order valence-electron chi connectivity index (χ1n) is 9.83. The number of carbonyl (C=O) groups is 1. The quantitative estimate of drug-likeness (QED) is 0.875. The molecule has 0 atom stereocenters. The number of pyridine rings is 1. The van der Waals surface area contributed by atoms with Crippen LogP contribution in [0.4, 0.5) is 17.1 Å². The summed E-state index contributed by atoms with van der Waals surface area (Å²) in [6.07, 6.45) is 1.70. The minimum Gasteiger partial charge on any atom is -0.378 e. The Kier molecular flexibility index (Phi) is 5.73. The molecule has 2 aliphatic heterocycles. The fourth-order valence-electron chi connectivity index (χ4n) is 3.61. The van der Waals surface area contributed by atoms with E-state index in [1.54, 1.807) is 6.20 Å². The Morgan fingerprint density at radius 3 is 2.57 bits per heavy atom. The average molecular weight is 381 g/mol. The highest BCUT2D eigenvalue weighted by atomic mass is 16.5. The van der Waals surface area contributed by atoms with Crippen LogP contribution < -0.4 is 10.2 Å². The zero-order chi connectivity index (χ0) is 19.3. The predicted molar refractivity (Wildman–Crippen MR) is 110 cm³/mol. The Labute approximate surface area is 165 Å². The molecule has 148 valence electrons. The van der Waals surface area contributed by atoms with E-state index in [1.807, 2.05) is 29.2 Å². The van der Waals surface area contributed by atoms with Crippen molar-refractivity contribution in [2.45, 2.75) is 0 Å². The van der Waals surface area contributed by atoms with Gasteiger partial charge in [-0.1, -0.05) is 12.1 Å². The van der Waals surface area contributed by atoms with E-state index in [4.69, 9.17) is 4.74 Å². The first-order chi connectivity index (χ1) is 13.7. The van der Waals surface area contributed by atoms with E-state index in [9.17, 15) is 4.79 Å². The molecule has 0 bridgehead atoms. The van der Waals surface area contributed by atoms with Crippen LogP contribution >= 0.6 is 0 Å². The van der Waals surface area contributed by atoms with Crippen molar-refractivity contribution in [2.24, 2.45) is 0 Å². The molecule has 0 unspecified atom stereocenters. The highest BCUT2D eigenvalue weighted by Crippen LogP contribution is 2.29. The van der Waals surface area contributed by atoms with E-state index in [2.05, 4.69) is 39.3 Å². The number of ether oxygens (including phenoxy) is 1. The molecule has 1 aromatic heterocycles. The Balaban J connectivity index is 1.50. The molecule has 1 amide bonds. The van der Waals surface area contributed by atoms with Crippen molar-refractivity contribution < 1.29 is 9.53 Å². The number of likely N-dealkylation sites (N-methyl/N-ethyl adjacent to an activating group) is 1. The Morgan fingerprint density at radius 1 is 1.04 bits per heavy atom. The zero-order valence-corrected chi connectivity index (χ0v) is 16.3. The molecule has 1 aromatic carbocycles. The molecule has 28 heavy (non-hydrogen) atoms. The highest BCUT2D eigenvalue weighted by Gasteiger charge is 2.21. The van der Waals surface area contributed by atoms with Crippen LogP contribution in [-0.4, -0.2) is 80.2 Å². The molecule has 0 aliphatic carbocycles. The molecule has 0 radical (unpaired) electrons.